The number of aliphatic imine (C=N–C) groups is 1. The van der Waals surface area contributed by atoms with Gasteiger partial charge in [-0.1, -0.05) is 32.4 Å². The minimum Gasteiger partial charge on any atom is -0.494 e. The molecule has 2 N–H and O–H groups in total. The number of hydrogen-bond acceptors (Lipinski definition) is 2. The average molecular weight is 277 g/mol. The Kier molecular flexibility index (Phi) is 8.27. The summed E-state index contributed by atoms with van der Waals surface area (Å²) in [7, 11) is 1.79. The largest absolute Gasteiger partial charge is 0.494 e. The molecule has 0 atom stereocenters. The van der Waals surface area contributed by atoms with Crippen molar-refractivity contribution >= 4 is 5.96 Å². The van der Waals surface area contributed by atoms with Gasteiger partial charge in [-0.15, -0.1) is 0 Å². The van der Waals surface area contributed by atoms with Gasteiger partial charge in [0.2, 0.25) is 0 Å². The van der Waals surface area contributed by atoms with Gasteiger partial charge in [0.1, 0.15) is 5.75 Å². The van der Waals surface area contributed by atoms with Crippen LogP contribution >= 0.6 is 0 Å². The van der Waals surface area contributed by atoms with Gasteiger partial charge in [0, 0.05) is 20.1 Å². The van der Waals surface area contributed by atoms with Crippen LogP contribution in [0.2, 0.25) is 0 Å². The maximum absolute atomic E-state index is 5.71. The van der Waals surface area contributed by atoms with E-state index in [9.17, 15) is 0 Å². The normalized spacial score (nSPS) is 11.2. The summed E-state index contributed by atoms with van der Waals surface area (Å²) < 4.78 is 5.71. The molecule has 4 nitrogen and oxygen atoms in total. The lowest BCUT2D eigenvalue weighted by atomic mass is 10.2. The van der Waals surface area contributed by atoms with Crippen molar-refractivity contribution in [2.75, 3.05) is 20.2 Å². The Morgan fingerprint density at radius 3 is 2.75 bits per heavy atom. The highest BCUT2D eigenvalue weighted by Gasteiger charge is 1.99. The van der Waals surface area contributed by atoms with Crippen molar-refractivity contribution in [1.29, 1.82) is 0 Å². The first-order chi connectivity index (χ1) is 9.80. The van der Waals surface area contributed by atoms with Gasteiger partial charge < -0.3 is 15.4 Å². The van der Waals surface area contributed by atoms with E-state index in [1.165, 1.54) is 5.56 Å². The van der Waals surface area contributed by atoms with Gasteiger partial charge in [0.25, 0.3) is 0 Å². The Hall–Kier alpha value is -1.71. The number of hydrogen-bond donors (Lipinski definition) is 2. The zero-order valence-corrected chi connectivity index (χ0v) is 12.9. The molecule has 0 aromatic heterocycles. The first-order valence-electron chi connectivity index (χ1n) is 7.46. The Morgan fingerprint density at radius 1 is 1.20 bits per heavy atom. The van der Waals surface area contributed by atoms with Crippen LogP contribution < -0.4 is 15.4 Å². The van der Waals surface area contributed by atoms with E-state index in [4.69, 9.17) is 4.74 Å². The Balaban J connectivity index is 2.44. The van der Waals surface area contributed by atoms with Crippen LogP contribution in [0.15, 0.2) is 29.3 Å². The summed E-state index contributed by atoms with van der Waals surface area (Å²) in [6.07, 6.45) is 3.33. The number of unbranched alkanes of at least 4 members (excludes halogenated alkanes) is 1. The fourth-order valence-corrected chi connectivity index (χ4v) is 1.73. The molecule has 0 unspecified atom stereocenters. The summed E-state index contributed by atoms with van der Waals surface area (Å²) in [5, 5.41) is 6.55. The molecule has 4 heteroatoms. The fraction of sp³-hybridized carbons (Fsp3) is 0.562. The van der Waals surface area contributed by atoms with Gasteiger partial charge in [-0.25, -0.2) is 0 Å². The third-order valence-corrected chi connectivity index (χ3v) is 2.89. The zero-order valence-electron chi connectivity index (χ0n) is 12.9. The van der Waals surface area contributed by atoms with Gasteiger partial charge in [-0.2, -0.15) is 0 Å². The van der Waals surface area contributed by atoms with Gasteiger partial charge in [-0.3, -0.25) is 4.99 Å². The highest BCUT2D eigenvalue weighted by molar-refractivity contribution is 5.79. The summed E-state index contributed by atoms with van der Waals surface area (Å²) >= 11 is 0. The van der Waals surface area contributed by atoms with Crippen LogP contribution in [0.25, 0.3) is 0 Å². The SMILES string of the molecule is CCCCOc1cccc(CNC(=NC)NCCC)c1. The molecule has 0 saturated carbocycles. The molecule has 0 spiro atoms. The smallest absolute Gasteiger partial charge is 0.191 e. The van der Waals surface area contributed by atoms with E-state index in [0.29, 0.717) is 0 Å². The highest BCUT2D eigenvalue weighted by Crippen LogP contribution is 2.13. The lowest BCUT2D eigenvalue weighted by molar-refractivity contribution is 0.309. The Morgan fingerprint density at radius 2 is 2.05 bits per heavy atom. The molecule has 0 saturated heterocycles. The third-order valence-electron chi connectivity index (χ3n) is 2.89. The van der Waals surface area contributed by atoms with Crippen molar-refractivity contribution in [2.45, 2.75) is 39.7 Å². The van der Waals surface area contributed by atoms with Gasteiger partial charge in [-0.05, 0) is 30.5 Å². The third kappa shape index (κ3) is 6.45. The number of nitrogens with one attached hydrogen (secondary N) is 2. The molecule has 0 radical (unpaired) electrons. The topological polar surface area (TPSA) is 45.6 Å². The van der Waals surface area contributed by atoms with Gasteiger partial charge >= 0.3 is 0 Å². The molecule has 112 valence electrons. The molecule has 1 aromatic rings. The number of guanidine groups is 1. The van der Waals surface area contributed by atoms with Crippen LogP contribution in [0.1, 0.15) is 38.7 Å². The minimum absolute atomic E-state index is 0.744. The van der Waals surface area contributed by atoms with Gasteiger partial charge in [0.15, 0.2) is 5.96 Å². The van der Waals surface area contributed by atoms with E-state index in [2.05, 4.69) is 41.6 Å². The van der Waals surface area contributed by atoms with Crippen molar-refractivity contribution < 1.29 is 4.74 Å². The second kappa shape index (κ2) is 10.1. The van der Waals surface area contributed by atoms with E-state index in [-0.39, 0.29) is 0 Å². The maximum Gasteiger partial charge on any atom is 0.191 e. The second-order valence-electron chi connectivity index (χ2n) is 4.70. The summed E-state index contributed by atoms with van der Waals surface area (Å²) in [5.74, 6) is 1.78. The first kappa shape index (κ1) is 16.3. The molecule has 0 aliphatic carbocycles. The van der Waals surface area contributed by atoms with E-state index in [1.54, 1.807) is 7.05 Å². The standard InChI is InChI=1S/C16H27N3O/c1-4-6-11-20-15-9-7-8-14(12-15)13-19-16(17-3)18-10-5-2/h7-9,12H,4-6,10-11,13H2,1-3H3,(H2,17,18,19). The fourth-order valence-electron chi connectivity index (χ4n) is 1.73. The number of benzene rings is 1. The van der Waals surface area contributed by atoms with E-state index >= 15 is 0 Å². The van der Waals surface area contributed by atoms with Crippen LogP contribution in [-0.4, -0.2) is 26.2 Å². The second-order valence-corrected chi connectivity index (χ2v) is 4.70. The minimum atomic E-state index is 0.744. The number of ether oxygens (including phenoxy) is 1. The summed E-state index contributed by atoms with van der Waals surface area (Å²) in [6, 6.07) is 8.20. The highest BCUT2D eigenvalue weighted by atomic mass is 16.5. The number of nitrogens with zero attached hydrogens (tertiary/aromatic N) is 1. The van der Waals surface area contributed by atoms with Gasteiger partial charge in [0.05, 0.1) is 6.61 Å². The van der Waals surface area contributed by atoms with Crippen LogP contribution in [0.3, 0.4) is 0 Å². The molecule has 1 rings (SSSR count). The lowest BCUT2D eigenvalue weighted by Gasteiger charge is -2.12. The average Bonchev–Trinajstić information content (AvgIpc) is 2.48. The zero-order chi connectivity index (χ0) is 14.6. The molecular weight excluding hydrogens is 250 g/mol. The van der Waals surface area contributed by atoms with Crippen molar-refractivity contribution in [3.8, 4) is 5.75 Å². The summed E-state index contributed by atoms with van der Waals surface area (Å²) in [6.45, 7) is 6.76. The monoisotopic (exact) mass is 277 g/mol. The van der Waals surface area contributed by atoms with Crippen LogP contribution in [0.4, 0.5) is 0 Å². The van der Waals surface area contributed by atoms with E-state index < -0.39 is 0 Å². The molecule has 0 heterocycles. The quantitative estimate of drug-likeness (QED) is 0.436. The molecule has 0 aliphatic heterocycles. The number of rotatable bonds is 8. The first-order valence-corrected chi connectivity index (χ1v) is 7.46. The van der Waals surface area contributed by atoms with Crippen molar-refractivity contribution in [3.63, 3.8) is 0 Å². The molecule has 20 heavy (non-hydrogen) atoms. The molecule has 1 aromatic carbocycles. The lowest BCUT2D eigenvalue weighted by Crippen LogP contribution is -2.37. The van der Waals surface area contributed by atoms with Crippen LogP contribution in [0.5, 0.6) is 5.75 Å². The van der Waals surface area contributed by atoms with Crippen molar-refractivity contribution in [3.05, 3.63) is 29.8 Å². The van der Waals surface area contributed by atoms with Crippen molar-refractivity contribution in [2.24, 2.45) is 4.99 Å². The molecular formula is C16H27N3O. The van der Waals surface area contributed by atoms with Crippen LogP contribution in [0, 0.1) is 0 Å². The predicted molar refractivity (Wildman–Crippen MR) is 85.3 cm³/mol. The summed E-state index contributed by atoms with van der Waals surface area (Å²) in [5.41, 5.74) is 1.19. The molecule has 0 fully saturated rings. The molecule has 0 amide bonds. The Labute approximate surface area is 122 Å². The maximum atomic E-state index is 5.71. The van der Waals surface area contributed by atoms with E-state index in [0.717, 1.165) is 50.7 Å². The summed E-state index contributed by atoms with van der Waals surface area (Å²) in [4.78, 5) is 4.19. The molecule has 0 bridgehead atoms. The molecule has 0 aliphatic rings. The van der Waals surface area contributed by atoms with Crippen molar-refractivity contribution in [1.82, 2.24) is 10.6 Å². The Bertz CT molecular complexity index is 404. The van der Waals surface area contributed by atoms with E-state index in [1.807, 2.05) is 12.1 Å². The van der Waals surface area contributed by atoms with Crippen LogP contribution in [-0.2, 0) is 6.54 Å². The predicted octanol–water partition coefficient (Wildman–Crippen LogP) is 2.94.